The number of benzene rings is 1. The Bertz CT molecular complexity index is 583. The molecule has 0 radical (unpaired) electrons. The molecule has 0 spiro atoms. The third-order valence-corrected chi connectivity index (χ3v) is 4.43. The van der Waals surface area contributed by atoms with Crippen molar-refractivity contribution in [2.45, 2.75) is 33.2 Å². The molecule has 1 N–H and O–H groups in total. The number of nitrogens with one attached hydrogen (secondary N) is 1. The molecule has 0 amide bonds. The average molecular weight is 313 g/mol. The van der Waals surface area contributed by atoms with Crippen molar-refractivity contribution in [3.05, 3.63) is 39.6 Å². The van der Waals surface area contributed by atoms with E-state index in [4.69, 9.17) is 11.6 Å². The van der Waals surface area contributed by atoms with E-state index in [9.17, 15) is 4.39 Å². The summed E-state index contributed by atoms with van der Waals surface area (Å²) >= 11 is 7.73. The summed E-state index contributed by atoms with van der Waals surface area (Å²) in [5, 5.41) is 4.66. The van der Waals surface area contributed by atoms with E-state index in [1.54, 1.807) is 17.4 Å². The maximum absolute atomic E-state index is 13.1. The van der Waals surface area contributed by atoms with Gasteiger partial charge in [0.25, 0.3) is 0 Å². The summed E-state index contributed by atoms with van der Waals surface area (Å²) in [5.41, 5.74) is 1.89. The van der Waals surface area contributed by atoms with Gasteiger partial charge in [-0.2, -0.15) is 0 Å². The zero-order chi connectivity index (χ0) is 14.5. The van der Waals surface area contributed by atoms with Crippen molar-refractivity contribution in [1.82, 2.24) is 10.3 Å². The van der Waals surface area contributed by atoms with Crippen molar-refractivity contribution in [1.29, 1.82) is 0 Å². The average Bonchev–Trinajstić information content (AvgIpc) is 2.82. The van der Waals surface area contributed by atoms with Crippen LogP contribution in [0.5, 0.6) is 0 Å². The molecular formula is C15H18ClFN2S. The van der Waals surface area contributed by atoms with Crippen molar-refractivity contribution in [2.24, 2.45) is 0 Å². The van der Waals surface area contributed by atoms with Crippen molar-refractivity contribution >= 4 is 22.9 Å². The highest BCUT2D eigenvalue weighted by Gasteiger charge is 2.13. The lowest BCUT2D eigenvalue weighted by molar-refractivity contribution is 0.628. The number of aryl methyl sites for hydroxylation is 1. The summed E-state index contributed by atoms with van der Waals surface area (Å²) in [6.45, 7) is 6.06. The fourth-order valence-corrected chi connectivity index (χ4v) is 3.43. The van der Waals surface area contributed by atoms with Gasteiger partial charge >= 0.3 is 0 Å². The van der Waals surface area contributed by atoms with Crippen LogP contribution in [0.1, 0.15) is 30.8 Å². The number of hydrogen-bond acceptors (Lipinski definition) is 3. The number of halogens is 2. The standard InChI is InChI=1S/C15H18ClFN2S/c1-3-7-18-9-14-13(4-2)19-15(20-14)11-6-5-10(17)8-12(11)16/h5-6,8,18H,3-4,7,9H2,1-2H3. The van der Waals surface area contributed by atoms with Crippen molar-refractivity contribution in [3.63, 3.8) is 0 Å². The smallest absolute Gasteiger partial charge is 0.125 e. The van der Waals surface area contributed by atoms with Gasteiger partial charge in [0.1, 0.15) is 10.8 Å². The first kappa shape index (κ1) is 15.4. The van der Waals surface area contributed by atoms with Gasteiger partial charge in [-0.1, -0.05) is 25.4 Å². The molecule has 5 heteroatoms. The van der Waals surface area contributed by atoms with Gasteiger partial charge in [-0.05, 0) is 37.6 Å². The van der Waals surface area contributed by atoms with Gasteiger partial charge < -0.3 is 5.32 Å². The highest BCUT2D eigenvalue weighted by atomic mass is 35.5. The lowest BCUT2D eigenvalue weighted by Gasteiger charge is -2.01. The summed E-state index contributed by atoms with van der Waals surface area (Å²) in [6.07, 6.45) is 2.00. The van der Waals surface area contributed by atoms with E-state index in [0.29, 0.717) is 5.02 Å². The molecule has 0 fully saturated rings. The van der Waals surface area contributed by atoms with Crippen LogP contribution in [0.25, 0.3) is 10.6 Å². The molecular weight excluding hydrogens is 295 g/mol. The lowest BCUT2D eigenvalue weighted by Crippen LogP contribution is -2.13. The van der Waals surface area contributed by atoms with E-state index < -0.39 is 0 Å². The van der Waals surface area contributed by atoms with Crippen LogP contribution in [0.4, 0.5) is 4.39 Å². The number of nitrogens with zero attached hydrogens (tertiary/aromatic N) is 1. The Kier molecular flexibility index (Phi) is 5.52. The van der Waals surface area contributed by atoms with Crippen LogP contribution < -0.4 is 5.32 Å². The quantitative estimate of drug-likeness (QED) is 0.784. The molecule has 20 heavy (non-hydrogen) atoms. The maximum Gasteiger partial charge on any atom is 0.125 e. The fraction of sp³-hybridized carbons (Fsp3) is 0.400. The van der Waals surface area contributed by atoms with Gasteiger partial charge in [-0.3, -0.25) is 0 Å². The lowest BCUT2D eigenvalue weighted by atomic mass is 10.2. The minimum absolute atomic E-state index is 0.323. The second-order valence-electron chi connectivity index (χ2n) is 4.54. The molecule has 0 saturated heterocycles. The van der Waals surface area contributed by atoms with E-state index in [1.165, 1.54) is 17.0 Å². The van der Waals surface area contributed by atoms with Crippen LogP contribution in [-0.2, 0) is 13.0 Å². The Morgan fingerprint density at radius 2 is 2.15 bits per heavy atom. The normalized spacial score (nSPS) is 11.0. The van der Waals surface area contributed by atoms with Crippen LogP contribution in [0, 0.1) is 5.82 Å². The largest absolute Gasteiger partial charge is 0.312 e. The second kappa shape index (κ2) is 7.16. The summed E-state index contributed by atoms with van der Waals surface area (Å²) in [5.74, 6) is -0.323. The Balaban J connectivity index is 2.28. The van der Waals surface area contributed by atoms with Gasteiger partial charge in [0.2, 0.25) is 0 Å². The molecule has 2 nitrogen and oxygen atoms in total. The van der Waals surface area contributed by atoms with Gasteiger partial charge in [-0.15, -0.1) is 11.3 Å². The molecule has 0 bridgehead atoms. The van der Waals surface area contributed by atoms with Crippen molar-refractivity contribution < 1.29 is 4.39 Å². The van der Waals surface area contributed by atoms with E-state index in [2.05, 4.69) is 24.1 Å². The molecule has 0 unspecified atom stereocenters. The third kappa shape index (κ3) is 3.57. The SMILES string of the molecule is CCCNCc1sc(-c2ccc(F)cc2Cl)nc1CC. The van der Waals surface area contributed by atoms with E-state index in [-0.39, 0.29) is 5.82 Å². The Labute approximate surface area is 128 Å². The zero-order valence-corrected chi connectivity index (χ0v) is 13.2. The van der Waals surface area contributed by atoms with Crippen LogP contribution in [0.15, 0.2) is 18.2 Å². The van der Waals surface area contributed by atoms with E-state index in [1.807, 2.05) is 0 Å². The van der Waals surface area contributed by atoms with Crippen LogP contribution >= 0.6 is 22.9 Å². The van der Waals surface area contributed by atoms with Gasteiger partial charge in [0.15, 0.2) is 0 Å². The molecule has 108 valence electrons. The molecule has 0 aliphatic rings. The molecule has 0 aliphatic heterocycles. The summed E-state index contributed by atoms with van der Waals surface area (Å²) < 4.78 is 13.1. The Morgan fingerprint density at radius 3 is 2.80 bits per heavy atom. The van der Waals surface area contributed by atoms with Gasteiger partial charge in [-0.25, -0.2) is 9.37 Å². The maximum atomic E-state index is 13.1. The molecule has 0 atom stereocenters. The van der Waals surface area contributed by atoms with E-state index in [0.717, 1.165) is 42.2 Å². The van der Waals surface area contributed by atoms with Gasteiger partial charge in [0.05, 0.1) is 10.7 Å². The minimum atomic E-state index is -0.323. The predicted octanol–water partition coefficient (Wildman–Crippen LogP) is 4.66. The minimum Gasteiger partial charge on any atom is -0.312 e. The van der Waals surface area contributed by atoms with Crippen LogP contribution in [0.2, 0.25) is 5.02 Å². The van der Waals surface area contributed by atoms with Crippen molar-refractivity contribution in [3.8, 4) is 10.6 Å². The molecule has 0 saturated carbocycles. The van der Waals surface area contributed by atoms with Crippen LogP contribution in [0.3, 0.4) is 0 Å². The topological polar surface area (TPSA) is 24.9 Å². The summed E-state index contributed by atoms with van der Waals surface area (Å²) in [4.78, 5) is 5.87. The Hall–Kier alpha value is -0.970. The molecule has 1 heterocycles. The first-order valence-electron chi connectivity index (χ1n) is 6.80. The number of aromatic nitrogens is 1. The zero-order valence-electron chi connectivity index (χ0n) is 11.7. The Morgan fingerprint density at radius 1 is 1.35 bits per heavy atom. The first-order chi connectivity index (χ1) is 9.65. The predicted molar refractivity (Wildman–Crippen MR) is 83.9 cm³/mol. The highest BCUT2D eigenvalue weighted by molar-refractivity contribution is 7.15. The van der Waals surface area contributed by atoms with E-state index >= 15 is 0 Å². The van der Waals surface area contributed by atoms with Crippen molar-refractivity contribution in [2.75, 3.05) is 6.54 Å². The number of rotatable bonds is 6. The fourth-order valence-electron chi connectivity index (χ4n) is 1.95. The third-order valence-electron chi connectivity index (χ3n) is 2.99. The molecule has 2 rings (SSSR count). The second-order valence-corrected chi connectivity index (χ2v) is 6.03. The first-order valence-corrected chi connectivity index (χ1v) is 7.99. The molecule has 2 aromatic rings. The number of hydrogen-bond donors (Lipinski definition) is 1. The van der Waals surface area contributed by atoms with Gasteiger partial charge in [0, 0.05) is 17.0 Å². The molecule has 0 aliphatic carbocycles. The monoisotopic (exact) mass is 312 g/mol. The van der Waals surface area contributed by atoms with Crippen LogP contribution in [-0.4, -0.2) is 11.5 Å². The summed E-state index contributed by atoms with van der Waals surface area (Å²) in [7, 11) is 0. The molecule has 1 aromatic heterocycles. The summed E-state index contributed by atoms with van der Waals surface area (Å²) in [6, 6.07) is 4.45. The molecule has 1 aromatic carbocycles. The highest BCUT2D eigenvalue weighted by Crippen LogP contribution is 2.33. The number of thiazole rings is 1.